The summed E-state index contributed by atoms with van der Waals surface area (Å²) in [5.41, 5.74) is 11.2. The number of hydrogen-bond acceptors (Lipinski definition) is 3. The summed E-state index contributed by atoms with van der Waals surface area (Å²) < 4.78 is 5.35. The quantitative estimate of drug-likeness (QED) is 0.317. The van der Waals surface area contributed by atoms with E-state index in [0.717, 1.165) is 47.6 Å². The van der Waals surface area contributed by atoms with Crippen molar-refractivity contribution in [1.29, 1.82) is 5.41 Å². The molecule has 38 heavy (non-hydrogen) atoms. The number of aryl methyl sites for hydroxylation is 4. The number of hydrogen-bond donors (Lipinski definition) is 2. The zero-order valence-electron chi connectivity index (χ0n) is 23.6. The molecular formula is C34H42N2O2. The lowest BCUT2D eigenvalue weighted by Crippen LogP contribution is -2.69. The molecule has 7 fully saturated rings. The van der Waals surface area contributed by atoms with Crippen molar-refractivity contribution in [3.63, 3.8) is 0 Å². The lowest BCUT2D eigenvalue weighted by molar-refractivity contribution is -0.221. The molecule has 7 aliphatic carbocycles. The molecule has 2 aromatic rings. The van der Waals surface area contributed by atoms with Crippen LogP contribution >= 0.6 is 0 Å². The summed E-state index contributed by atoms with van der Waals surface area (Å²) in [6.07, 6.45) is 9.31. The molecule has 1 amide bonds. The third kappa shape index (κ3) is 3.27. The van der Waals surface area contributed by atoms with Gasteiger partial charge in [-0.25, -0.2) is 0 Å². The summed E-state index contributed by atoms with van der Waals surface area (Å²) in [5.74, 6) is 5.33. The molecule has 0 saturated heterocycles. The van der Waals surface area contributed by atoms with Crippen molar-refractivity contribution >= 4 is 18.0 Å². The summed E-state index contributed by atoms with van der Waals surface area (Å²) in [5, 5.41) is 10.3. The van der Waals surface area contributed by atoms with Crippen LogP contribution in [-0.2, 0) is 27.0 Å². The highest BCUT2D eigenvalue weighted by molar-refractivity contribution is 5.90. The van der Waals surface area contributed by atoms with Gasteiger partial charge in [-0.15, -0.1) is 0 Å². The van der Waals surface area contributed by atoms with E-state index in [1.807, 2.05) is 0 Å². The van der Waals surface area contributed by atoms with Gasteiger partial charge in [-0.2, -0.15) is 0 Å². The van der Waals surface area contributed by atoms with Gasteiger partial charge in [0.2, 0.25) is 5.91 Å². The van der Waals surface area contributed by atoms with Gasteiger partial charge in [-0.3, -0.25) is 10.2 Å². The molecule has 9 rings (SSSR count). The Morgan fingerprint density at radius 1 is 0.789 bits per heavy atom. The van der Waals surface area contributed by atoms with Crippen molar-refractivity contribution in [2.75, 3.05) is 5.32 Å². The first kappa shape index (κ1) is 24.4. The fourth-order valence-corrected chi connectivity index (χ4v) is 10.9. The minimum absolute atomic E-state index is 0.0137. The van der Waals surface area contributed by atoms with Gasteiger partial charge in [-0.1, -0.05) is 24.3 Å². The summed E-state index contributed by atoms with van der Waals surface area (Å²) in [7, 11) is 0. The van der Waals surface area contributed by atoms with Gasteiger partial charge in [-0.05, 0) is 152 Å². The van der Waals surface area contributed by atoms with E-state index < -0.39 is 0 Å². The van der Waals surface area contributed by atoms with Crippen molar-refractivity contribution in [1.82, 2.24) is 0 Å². The van der Waals surface area contributed by atoms with E-state index in [1.165, 1.54) is 66.3 Å². The van der Waals surface area contributed by atoms with Gasteiger partial charge < -0.3 is 10.1 Å². The molecule has 4 heteroatoms. The van der Waals surface area contributed by atoms with Crippen molar-refractivity contribution in [2.45, 2.75) is 90.6 Å². The number of rotatable bonds is 6. The van der Waals surface area contributed by atoms with Crippen LogP contribution in [0, 0.1) is 68.6 Å². The fourth-order valence-electron chi connectivity index (χ4n) is 10.9. The van der Waals surface area contributed by atoms with Crippen molar-refractivity contribution in [3.8, 4) is 0 Å². The van der Waals surface area contributed by atoms with E-state index in [-0.39, 0.29) is 5.91 Å². The Kier molecular flexibility index (Phi) is 5.27. The van der Waals surface area contributed by atoms with Crippen molar-refractivity contribution < 1.29 is 9.53 Å². The largest absolute Gasteiger partial charge is 0.479 e. The smallest absolute Gasteiger partial charge is 0.221 e. The number of anilines is 1. The first-order valence-corrected chi connectivity index (χ1v) is 14.8. The average molecular weight is 511 g/mol. The summed E-state index contributed by atoms with van der Waals surface area (Å²) in [6.45, 7) is 10.9. The lowest BCUT2D eigenvalue weighted by Gasteiger charge is -2.75. The van der Waals surface area contributed by atoms with Crippen LogP contribution in [0.1, 0.15) is 84.4 Å². The summed E-state index contributed by atoms with van der Waals surface area (Å²) >= 11 is 0. The predicted molar refractivity (Wildman–Crippen MR) is 152 cm³/mol. The Balaban J connectivity index is 1.20. The minimum atomic E-state index is 0.0137. The molecule has 7 saturated carbocycles. The molecule has 200 valence electrons. The van der Waals surface area contributed by atoms with Crippen molar-refractivity contribution in [3.05, 3.63) is 63.2 Å². The van der Waals surface area contributed by atoms with E-state index in [9.17, 15) is 4.79 Å². The zero-order chi connectivity index (χ0) is 26.6. The molecule has 7 aliphatic rings. The fraction of sp³-hybridized carbons (Fsp3) is 0.588. The highest BCUT2D eigenvalue weighted by atomic mass is 16.5. The molecule has 4 nitrogen and oxygen atoms in total. The number of amides is 1. The van der Waals surface area contributed by atoms with E-state index in [1.54, 1.807) is 18.1 Å². The van der Waals surface area contributed by atoms with E-state index >= 15 is 0 Å². The zero-order valence-corrected chi connectivity index (χ0v) is 23.6. The number of ether oxygens (including phenoxy) is 1. The lowest BCUT2D eigenvalue weighted by atomic mass is 9.29. The highest BCUT2D eigenvalue weighted by Crippen LogP contribution is 2.77. The molecule has 0 heterocycles. The first-order chi connectivity index (χ1) is 18.1. The van der Waals surface area contributed by atoms with Gasteiger partial charge in [0, 0.05) is 12.6 Å². The van der Waals surface area contributed by atoms with Gasteiger partial charge >= 0.3 is 0 Å². The predicted octanol–water partition coefficient (Wildman–Crippen LogP) is 7.28. The Labute approximate surface area is 227 Å². The van der Waals surface area contributed by atoms with E-state index in [0.29, 0.717) is 17.4 Å². The van der Waals surface area contributed by atoms with Gasteiger partial charge in [0.15, 0.2) is 6.40 Å². The molecule has 0 unspecified atom stereocenters. The highest BCUT2D eigenvalue weighted by Gasteiger charge is 2.70. The van der Waals surface area contributed by atoms with E-state index in [4.69, 9.17) is 10.1 Å². The van der Waals surface area contributed by atoms with Gasteiger partial charge in [0.25, 0.3) is 0 Å². The average Bonchev–Trinajstić information content (AvgIpc) is 2.88. The maximum absolute atomic E-state index is 11.8. The first-order valence-electron chi connectivity index (χ1n) is 14.8. The molecule has 2 N–H and O–H groups in total. The van der Waals surface area contributed by atoms with Gasteiger partial charge in [0.05, 0.1) is 0 Å². The second-order valence-electron chi connectivity index (χ2n) is 14.0. The Morgan fingerprint density at radius 3 is 1.50 bits per heavy atom. The third-order valence-electron chi connectivity index (χ3n) is 12.1. The maximum Gasteiger partial charge on any atom is 0.221 e. The van der Waals surface area contributed by atoms with Crippen LogP contribution in [0.25, 0.3) is 0 Å². The van der Waals surface area contributed by atoms with Crippen LogP contribution in [0.2, 0.25) is 0 Å². The number of carbonyl (C=O) groups excluding carboxylic acids is 1. The second kappa shape index (κ2) is 8.19. The molecule has 0 aliphatic heterocycles. The van der Waals surface area contributed by atoms with Crippen molar-refractivity contribution in [2.24, 2.45) is 35.5 Å². The topological polar surface area (TPSA) is 62.2 Å². The van der Waals surface area contributed by atoms with Gasteiger partial charge in [0.1, 0.15) is 6.61 Å². The molecule has 2 aromatic carbocycles. The number of benzene rings is 2. The molecule has 0 aromatic heterocycles. The van der Waals surface area contributed by atoms with Crippen LogP contribution in [-0.4, -0.2) is 12.3 Å². The normalized spacial score (nSPS) is 37.5. The van der Waals surface area contributed by atoms with Crippen LogP contribution in [0.3, 0.4) is 0 Å². The van der Waals surface area contributed by atoms with Crippen LogP contribution < -0.4 is 5.32 Å². The summed E-state index contributed by atoms with van der Waals surface area (Å²) in [4.78, 5) is 11.8. The SMILES string of the molecule is CC(=O)Nc1c(C)cc(C23CC4C5CC6(c7cc(C)c(COC=N)c(C)c7)CC4C(C2)C(C6)C5C3)cc1C. The summed E-state index contributed by atoms with van der Waals surface area (Å²) in [6, 6.07) is 9.79. The molecule has 0 spiro atoms. The Morgan fingerprint density at radius 2 is 1.16 bits per heavy atom. The third-order valence-corrected chi connectivity index (χ3v) is 12.1. The van der Waals surface area contributed by atoms with Crippen LogP contribution in [0.4, 0.5) is 5.69 Å². The van der Waals surface area contributed by atoms with Crippen LogP contribution in [0.5, 0.6) is 0 Å². The molecule has 8 bridgehead atoms. The standard InChI is InChI=1S/C34H42N2O2/c1-18-6-23(7-19(2)31(18)16-38-17-35)33-10-25-28-13-34(14-29(25)27(12-33)30(15-34)26(28)11-33)24-8-20(3)32(21(4)9-24)36-22(5)37/h6-9,17,25-30,35H,10-16H2,1-5H3,(H,36,37). The second-order valence-corrected chi connectivity index (χ2v) is 14.0. The Hall–Kier alpha value is -2.62. The maximum atomic E-state index is 11.8. The Bertz CT molecular complexity index is 1250. The van der Waals surface area contributed by atoms with E-state index in [2.05, 4.69) is 57.3 Å². The molecular weight excluding hydrogens is 468 g/mol. The van der Waals surface area contributed by atoms with Crippen LogP contribution in [0.15, 0.2) is 24.3 Å². The molecule has 0 atom stereocenters. The number of nitrogens with one attached hydrogen (secondary N) is 2. The monoisotopic (exact) mass is 510 g/mol. The minimum Gasteiger partial charge on any atom is -0.479 e. The molecule has 0 radical (unpaired) electrons. The number of carbonyl (C=O) groups is 1.